The molecular formula is C9H16O3Y-2. The van der Waals surface area contributed by atoms with Crippen LogP contribution in [0.3, 0.4) is 0 Å². The van der Waals surface area contributed by atoms with Crippen LogP contribution in [0, 0.1) is 6.92 Å². The molecule has 0 saturated carbocycles. The summed E-state index contributed by atoms with van der Waals surface area (Å²) in [7, 11) is 0. The molecule has 0 aromatic rings. The maximum absolute atomic E-state index is 9.92. The minimum absolute atomic E-state index is 0. The fraction of sp³-hybridized carbons (Fsp3) is 0.667. The van der Waals surface area contributed by atoms with Gasteiger partial charge in [-0.2, -0.15) is 12.7 Å². The minimum Gasteiger partial charge on any atom is -0.531 e. The summed E-state index contributed by atoms with van der Waals surface area (Å²) in [5.74, 6) is -0.910. The quantitative estimate of drug-likeness (QED) is 0.439. The average Bonchev–Trinajstić information content (AvgIpc) is 2.14. The van der Waals surface area contributed by atoms with Crippen LogP contribution in [-0.4, -0.2) is 18.9 Å². The van der Waals surface area contributed by atoms with Crippen LogP contribution >= 0.6 is 0 Å². The predicted molar refractivity (Wildman–Crippen MR) is 47.2 cm³/mol. The Morgan fingerprint density at radius 2 is 1.85 bits per heavy atom. The molecule has 0 saturated heterocycles. The fourth-order valence-electron chi connectivity index (χ4n) is 0.224. The van der Waals surface area contributed by atoms with E-state index < -0.39 is 5.97 Å². The Bertz CT molecular complexity index is 113. The van der Waals surface area contributed by atoms with Crippen LogP contribution in [0.4, 0.5) is 0 Å². The van der Waals surface area contributed by atoms with Gasteiger partial charge in [0.05, 0.1) is 6.61 Å². The average molecular weight is 261 g/mol. The van der Waals surface area contributed by atoms with Gasteiger partial charge in [0.25, 0.3) is 0 Å². The van der Waals surface area contributed by atoms with Crippen molar-refractivity contribution < 1.29 is 47.0 Å². The second-order valence-corrected chi connectivity index (χ2v) is 2.09. The number of unbranched alkanes of at least 4 members (excludes halogenated alkanes) is 1. The molecule has 1 radical (unpaired) electrons. The van der Waals surface area contributed by atoms with Crippen LogP contribution in [0.15, 0.2) is 0 Å². The Labute approximate surface area is 105 Å². The molecule has 0 aliphatic carbocycles. The largest absolute Gasteiger partial charge is 0.531 e. The molecular weight excluding hydrogens is 245 g/mol. The van der Waals surface area contributed by atoms with E-state index in [9.17, 15) is 9.59 Å². The van der Waals surface area contributed by atoms with Crippen molar-refractivity contribution in [3.8, 4) is 0 Å². The fourth-order valence-corrected chi connectivity index (χ4v) is 0.224. The zero-order chi connectivity index (χ0) is 9.82. The molecule has 0 N–H and O–H groups in total. The maximum Gasteiger partial charge on any atom is 0.183 e. The molecule has 0 aromatic carbocycles. The Morgan fingerprint density at radius 3 is 2.08 bits per heavy atom. The normalized spacial score (nSPS) is 7.31. The molecule has 0 aliphatic heterocycles. The standard InChI is InChI=1S/C5H7O3.C4H9.Y/c1-2-3-8-5(7)4-6;1-3-4-2;/h2-3H2,1H3;1,3-4H2,2H3;/q2*-1;. The van der Waals surface area contributed by atoms with E-state index in [0.29, 0.717) is 6.61 Å². The number of carbonyl (C=O) groups is 1. The summed E-state index contributed by atoms with van der Waals surface area (Å²) in [5.41, 5.74) is 0. The minimum atomic E-state index is -0.910. The van der Waals surface area contributed by atoms with Crippen molar-refractivity contribution in [3.63, 3.8) is 0 Å². The van der Waals surface area contributed by atoms with Crippen molar-refractivity contribution in [1.82, 2.24) is 0 Å². The van der Waals surface area contributed by atoms with Gasteiger partial charge in [-0.1, -0.05) is 20.3 Å². The first-order chi connectivity index (χ1) is 5.72. The van der Waals surface area contributed by atoms with E-state index >= 15 is 0 Å². The first-order valence-corrected chi connectivity index (χ1v) is 4.07. The van der Waals surface area contributed by atoms with Crippen LogP contribution in [0.5, 0.6) is 0 Å². The Kier molecular flexibility index (Phi) is 26.4. The SMILES string of the molecule is CCCOC(=O)[C-]=O.[CH2-]CCC.[Y]. The Balaban J connectivity index is -0.000000173. The van der Waals surface area contributed by atoms with Crippen LogP contribution in [-0.2, 0) is 47.0 Å². The molecule has 0 spiro atoms. The third-order valence-electron chi connectivity index (χ3n) is 0.874. The summed E-state index contributed by atoms with van der Waals surface area (Å²) in [6, 6.07) is 0. The predicted octanol–water partition coefficient (Wildman–Crippen LogP) is 1.67. The zero-order valence-electron chi connectivity index (χ0n) is 8.34. The summed E-state index contributed by atoms with van der Waals surface area (Å²) in [6.45, 7) is 7.87. The maximum atomic E-state index is 9.92. The van der Waals surface area contributed by atoms with E-state index in [4.69, 9.17) is 0 Å². The van der Waals surface area contributed by atoms with Gasteiger partial charge >= 0.3 is 0 Å². The molecule has 0 atom stereocenters. The molecule has 0 bridgehead atoms. The summed E-state index contributed by atoms with van der Waals surface area (Å²) in [6.07, 6.45) is 4.10. The first kappa shape index (κ1) is 18.9. The van der Waals surface area contributed by atoms with Gasteiger partial charge in [-0.05, 0) is 6.42 Å². The summed E-state index contributed by atoms with van der Waals surface area (Å²) < 4.78 is 4.28. The molecule has 0 unspecified atom stereocenters. The van der Waals surface area contributed by atoms with Gasteiger partial charge in [0.1, 0.15) is 0 Å². The first-order valence-electron chi connectivity index (χ1n) is 4.07. The van der Waals surface area contributed by atoms with Gasteiger partial charge in [0, 0.05) is 32.7 Å². The van der Waals surface area contributed by atoms with Crippen LogP contribution in [0.25, 0.3) is 0 Å². The van der Waals surface area contributed by atoms with Crippen molar-refractivity contribution in [3.05, 3.63) is 6.92 Å². The van der Waals surface area contributed by atoms with Gasteiger partial charge in [-0.15, -0.1) is 0 Å². The zero-order valence-corrected chi connectivity index (χ0v) is 11.2. The van der Waals surface area contributed by atoms with Gasteiger partial charge in [-0.25, -0.2) is 0 Å². The number of carbonyl (C=O) groups excluding carboxylic acids is 2. The number of rotatable bonds is 4. The van der Waals surface area contributed by atoms with E-state index in [1.165, 1.54) is 6.42 Å². The van der Waals surface area contributed by atoms with E-state index in [1.807, 2.05) is 6.92 Å². The van der Waals surface area contributed by atoms with Crippen LogP contribution in [0.2, 0.25) is 0 Å². The molecule has 0 fully saturated rings. The summed E-state index contributed by atoms with van der Waals surface area (Å²) in [4.78, 5) is 19.3. The molecule has 3 nitrogen and oxygen atoms in total. The van der Waals surface area contributed by atoms with E-state index in [-0.39, 0.29) is 32.7 Å². The summed E-state index contributed by atoms with van der Waals surface area (Å²) >= 11 is 0. The summed E-state index contributed by atoms with van der Waals surface area (Å²) in [5, 5.41) is 0. The second kappa shape index (κ2) is 18.1. The smallest absolute Gasteiger partial charge is 0.183 e. The van der Waals surface area contributed by atoms with Crippen LogP contribution < -0.4 is 0 Å². The van der Waals surface area contributed by atoms with Crippen molar-refractivity contribution in [2.45, 2.75) is 33.1 Å². The Morgan fingerprint density at radius 1 is 1.38 bits per heavy atom. The molecule has 0 rings (SSSR count). The van der Waals surface area contributed by atoms with Crippen molar-refractivity contribution >= 4 is 12.3 Å². The van der Waals surface area contributed by atoms with E-state index in [1.54, 1.807) is 0 Å². The monoisotopic (exact) mass is 261 g/mol. The number of hydrogen-bond acceptors (Lipinski definition) is 3. The third-order valence-corrected chi connectivity index (χ3v) is 0.874. The van der Waals surface area contributed by atoms with Crippen molar-refractivity contribution in [2.75, 3.05) is 6.61 Å². The van der Waals surface area contributed by atoms with Crippen LogP contribution in [0.1, 0.15) is 33.1 Å². The topological polar surface area (TPSA) is 43.4 Å². The molecule has 0 aliphatic rings. The van der Waals surface area contributed by atoms with Gasteiger partial charge in [0.2, 0.25) is 0 Å². The van der Waals surface area contributed by atoms with Gasteiger partial charge < -0.3 is 16.5 Å². The third kappa shape index (κ3) is 24.5. The van der Waals surface area contributed by atoms with E-state index in [2.05, 4.69) is 18.6 Å². The van der Waals surface area contributed by atoms with E-state index in [0.717, 1.165) is 19.1 Å². The molecule has 4 heteroatoms. The molecule has 75 valence electrons. The molecule has 0 heterocycles. The van der Waals surface area contributed by atoms with Gasteiger partial charge in [0.15, 0.2) is 5.97 Å². The number of hydrogen-bond donors (Lipinski definition) is 0. The Hall–Kier alpha value is 0.244. The second-order valence-electron chi connectivity index (χ2n) is 2.09. The van der Waals surface area contributed by atoms with Gasteiger partial charge in [-0.3, -0.25) is 4.79 Å². The number of esters is 1. The van der Waals surface area contributed by atoms with Crippen molar-refractivity contribution in [2.24, 2.45) is 0 Å². The molecule has 13 heavy (non-hydrogen) atoms. The number of ether oxygens (including phenoxy) is 1. The van der Waals surface area contributed by atoms with Crippen molar-refractivity contribution in [1.29, 1.82) is 0 Å². The molecule has 0 aromatic heterocycles. The molecule has 0 amide bonds.